The lowest BCUT2D eigenvalue weighted by molar-refractivity contribution is 0.179. The summed E-state index contributed by atoms with van der Waals surface area (Å²) < 4.78 is 28.8. The Hall–Kier alpha value is -0.900. The van der Waals surface area contributed by atoms with Gasteiger partial charge in [-0.05, 0) is 31.4 Å². The van der Waals surface area contributed by atoms with Gasteiger partial charge in [0.1, 0.15) is 9.90 Å². The lowest BCUT2D eigenvalue weighted by atomic mass is 10.4. The number of hydrogen-bond donors (Lipinski definition) is 2. The third kappa shape index (κ3) is 2.62. The predicted molar refractivity (Wildman–Crippen MR) is 79.4 cm³/mol. The van der Waals surface area contributed by atoms with Crippen molar-refractivity contribution in [3.8, 4) is 0 Å². The second-order valence-electron chi connectivity index (χ2n) is 5.37. The van der Waals surface area contributed by atoms with Gasteiger partial charge in [-0.25, -0.2) is 13.4 Å². The molecule has 0 amide bonds. The van der Waals surface area contributed by atoms with Crippen LogP contribution in [0.3, 0.4) is 0 Å². The van der Waals surface area contributed by atoms with E-state index in [0.29, 0.717) is 5.00 Å². The Morgan fingerprint density at radius 2 is 1.95 bits per heavy atom. The van der Waals surface area contributed by atoms with Crippen molar-refractivity contribution in [1.29, 1.82) is 0 Å². The molecule has 2 heterocycles. The van der Waals surface area contributed by atoms with Crippen LogP contribution in [0.5, 0.6) is 0 Å². The second kappa shape index (κ2) is 5.14. The van der Waals surface area contributed by atoms with Gasteiger partial charge >= 0.3 is 0 Å². The SMILES string of the molecule is CN1CCN(Nc2snc(N)c2S(=O)(=O)C2CC2)CC1. The minimum atomic E-state index is -3.32. The number of anilines is 2. The highest BCUT2D eigenvalue weighted by atomic mass is 32.2. The van der Waals surface area contributed by atoms with E-state index in [2.05, 4.69) is 21.7 Å². The maximum absolute atomic E-state index is 12.4. The second-order valence-corrected chi connectivity index (χ2v) is 8.31. The average Bonchev–Trinajstić information content (AvgIpc) is 3.18. The number of nitrogens with zero attached hydrogens (tertiary/aromatic N) is 3. The van der Waals surface area contributed by atoms with Crippen LogP contribution in [0, 0.1) is 0 Å². The van der Waals surface area contributed by atoms with Crippen molar-refractivity contribution < 1.29 is 8.42 Å². The minimum absolute atomic E-state index is 0.124. The summed E-state index contributed by atoms with van der Waals surface area (Å²) in [7, 11) is -1.25. The lowest BCUT2D eigenvalue weighted by Crippen LogP contribution is -2.46. The third-order valence-electron chi connectivity index (χ3n) is 3.68. The van der Waals surface area contributed by atoms with Crippen LogP contribution in [-0.4, -0.2) is 61.2 Å². The van der Waals surface area contributed by atoms with E-state index < -0.39 is 9.84 Å². The van der Waals surface area contributed by atoms with Crippen molar-refractivity contribution in [2.75, 3.05) is 44.4 Å². The van der Waals surface area contributed by atoms with E-state index in [1.165, 1.54) is 0 Å². The molecule has 0 spiro atoms. The summed E-state index contributed by atoms with van der Waals surface area (Å²) in [6.45, 7) is 3.59. The number of sulfone groups is 1. The van der Waals surface area contributed by atoms with Gasteiger partial charge in [-0.15, -0.1) is 0 Å². The summed E-state index contributed by atoms with van der Waals surface area (Å²) in [6, 6.07) is 0. The zero-order valence-corrected chi connectivity index (χ0v) is 13.0. The first-order chi connectivity index (χ1) is 9.48. The first kappa shape index (κ1) is 14.1. The molecule has 1 aliphatic heterocycles. The standard InChI is InChI=1S/C11H19N5O2S2/c1-15-4-6-16(7-5-15)13-11-9(10(12)14-19-11)20(17,18)8-2-3-8/h8,13H,2-7H2,1H3,(H2,12,14). The Morgan fingerprint density at radius 3 is 2.55 bits per heavy atom. The van der Waals surface area contributed by atoms with Crippen LogP contribution in [0.1, 0.15) is 12.8 Å². The summed E-state index contributed by atoms with van der Waals surface area (Å²) in [5.74, 6) is 0.124. The first-order valence-corrected chi connectivity index (χ1v) is 8.99. The molecule has 3 rings (SSSR count). The highest BCUT2D eigenvalue weighted by Crippen LogP contribution is 2.41. The molecule has 3 N–H and O–H groups in total. The number of nitrogen functional groups attached to an aromatic ring is 1. The molecule has 1 saturated heterocycles. The monoisotopic (exact) mass is 317 g/mol. The van der Waals surface area contributed by atoms with E-state index in [-0.39, 0.29) is 16.0 Å². The van der Waals surface area contributed by atoms with Gasteiger partial charge in [-0.3, -0.25) is 0 Å². The van der Waals surface area contributed by atoms with Crippen LogP contribution in [0.15, 0.2) is 4.90 Å². The molecule has 1 aromatic heterocycles. The summed E-state index contributed by atoms with van der Waals surface area (Å²) in [6.07, 6.45) is 1.46. The quantitative estimate of drug-likeness (QED) is 0.821. The molecule has 0 atom stereocenters. The lowest BCUT2D eigenvalue weighted by Gasteiger charge is -2.32. The van der Waals surface area contributed by atoms with Gasteiger partial charge in [0.2, 0.25) is 0 Å². The average molecular weight is 317 g/mol. The largest absolute Gasteiger partial charge is 0.382 e. The predicted octanol–water partition coefficient (Wildman–Crippen LogP) is 0.236. The number of likely N-dealkylation sites (N-methyl/N-ethyl adjacent to an activating group) is 1. The molecule has 9 heteroatoms. The molecule has 2 fully saturated rings. The summed E-state index contributed by atoms with van der Waals surface area (Å²) in [4.78, 5) is 2.44. The molecule has 0 aromatic carbocycles. The Morgan fingerprint density at radius 1 is 1.30 bits per heavy atom. The highest BCUT2D eigenvalue weighted by Gasteiger charge is 2.41. The summed E-state index contributed by atoms with van der Waals surface area (Å²) in [5, 5.41) is 2.31. The fourth-order valence-electron chi connectivity index (χ4n) is 2.25. The smallest absolute Gasteiger partial charge is 0.187 e. The Balaban J connectivity index is 1.80. The molecule has 1 saturated carbocycles. The van der Waals surface area contributed by atoms with Gasteiger partial charge in [0, 0.05) is 26.2 Å². The van der Waals surface area contributed by atoms with E-state index in [1.54, 1.807) is 0 Å². The molecular weight excluding hydrogens is 298 g/mol. The molecule has 0 unspecified atom stereocenters. The topological polar surface area (TPSA) is 91.6 Å². The van der Waals surface area contributed by atoms with Crippen LogP contribution in [-0.2, 0) is 9.84 Å². The van der Waals surface area contributed by atoms with Gasteiger partial charge in [0.05, 0.1) is 5.25 Å². The molecule has 2 aliphatic rings. The van der Waals surface area contributed by atoms with E-state index in [0.717, 1.165) is 50.6 Å². The molecule has 20 heavy (non-hydrogen) atoms. The normalized spacial score (nSPS) is 22.1. The summed E-state index contributed by atoms with van der Waals surface area (Å²) >= 11 is 1.12. The number of nitrogens with one attached hydrogen (secondary N) is 1. The molecule has 112 valence electrons. The minimum Gasteiger partial charge on any atom is -0.382 e. The fourth-order valence-corrected chi connectivity index (χ4v) is 5.13. The number of rotatable bonds is 4. The first-order valence-electron chi connectivity index (χ1n) is 6.67. The molecule has 7 nitrogen and oxygen atoms in total. The van der Waals surface area contributed by atoms with Crippen LogP contribution in [0.4, 0.5) is 10.8 Å². The number of aromatic nitrogens is 1. The van der Waals surface area contributed by atoms with Crippen LogP contribution < -0.4 is 11.2 Å². The fraction of sp³-hybridized carbons (Fsp3) is 0.727. The zero-order chi connectivity index (χ0) is 14.3. The van der Waals surface area contributed by atoms with Crippen molar-refractivity contribution in [2.45, 2.75) is 23.0 Å². The molecule has 1 aliphatic carbocycles. The van der Waals surface area contributed by atoms with E-state index in [9.17, 15) is 8.42 Å². The Kier molecular flexibility index (Phi) is 3.61. The van der Waals surface area contributed by atoms with E-state index in [1.807, 2.05) is 5.01 Å². The van der Waals surface area contributed by atoms with Crippen LogP contribution in [0.2, 0.25) is 0 Å². The van der Waals surface area contributed by atoms with Gasteiger partial charge in [0.25, 0.3) is 0 Å². The van der Waals surface area contributed by atoms with Crippen molar-refractivity contribution in [3.05, 3.63) is 0 Å². The number of hydrazine groups is 1. The van der Waals surface area contributed by atoms with Crippen molar-refractivity contribution in [3.63, 3.8) is 0 Å². The molecular formula is C11H19N5O2S2. The van der Waals surface area contributed by atoms with Gasteiger partial charge in [-0.2, -0.15) is 4.37 Å². The number of piperazine rings is 1. The van der Waals surface area contributed by atoms with Gasteiger partial charge < -0.3 is 16.1 Å². The number of nitrogens with two attached hydrogens (primary N) is 1. The van der Waals surface area contributed by atoms with Crippen LogP contribution in [0.25, 0.3) is 0 Å². The Bertz CT molecular complexity index is 588. The zero-order valence-electron chi connectivity index (χ0n) is 11.4. The van der Waals surface area contributed by atoms with Crippen molar-refractivity contribution in [2.24, 2.45) is 0 Å². The van der Waals surface area contributed by atoms with Crippen LogP contribution >= 0.6 is 11.5 Å². The number of hydrogen-bond acceptors (Lipinski definition) is 8. The van der Waals surface area contributed by atoms with Gasteiger partial charge in [0.15, 0.2) is 15.7 Å². The highest BCUT2D eigenvalue weighted by molar-refractivity contribution is 7.92. The van der Waals surface area contributed by atoms with E-state index in [4.69, 9.17) is 5.73 Å². The molecule has 1 aromatic rings. The molecule has 0 radical (unpaired) electrons. The molecule has 0 bridgehead atoms. The Labute approximate surface area is 122 Å². The summed E-state index contributed by atoms with van der Waals surface area (Å²) in [5.41, 5.74) is 8.96. The van der Waals surface area contributed by atoms with Crippen molar-refractivity contribution >= 4 is 32.2 Å². The third-order valence-corrected chi connectivity index (χ3v) is 6.91. The van der Waals surface area contributed by atoms with E-state index >= 15 is 0 Å². The van der Waals surface area contributed by atoms with Gasteiger partial charge in [-0.1, -0.05) is 0 Å². The van der Waals surface area contributed by atoms with Crippen molar-refractivity contribution in [1.82, 2.24) is 14.3 Å². The maximum Gasteiger partial charge on any atom is 0.187 e. The maximum atomic E-state index is 12.4.